The summed E-state index contributed by atoms with van der Waals surface area (Å²) in [5, 5.41) is 0. The van der Waals surface area contributed by atoms with Gasteiger partial charge in [0, 0.05) is 31.6 Å². The van der Waals surface area contributed by atoms with E-state index in [-0.39, 0.29) is 30.8 Å². The molecule has 0 aliphatic heterocycles. The summed E-state index contributed by atoms with van der Waals surface area (Å²) in [6.45, 7) is 2.26. The van der Waals surface area contributed by atoms with Crippen LogP contribution in [0.5, 0.6) is 0 Å². The fraction of sp³-hybridized carbons (Fsp3) is 0.708. The Morgan fingerprint density at radius 3 is 1.55 bits per heavy atom. The van der Waals surface area contributed by atoms with Gasteiger partial charge < -0.3 is 5.73 Å². The number of nitrogen functional groups attached to an aromatic ring is 1. The van der Waals surface area contributed by atoms with Crippen LogP contribution in [0.15, 0.2) is 29.2 Å². The number of unbranched alkanes of at least 4 members (excludes halogenated alkanes) is 14. The predicted molar refractivity (Wildman–Crippen MR) is 126 cm³/mol. The second-order valence-corrected chi connectivity index (χ2v) is 9.98. The van der Waals surface area contributed by atoms with Crippen LogP contribution in [0, 0.1) is 0 Å². The van der Waals surface area contributed by atoms with Crippen molar-refractivity contribution in [1.82, 2.24) is 4.72 Å². The molecule has 0 spiro atoms. The first kappa shape index (κ1) is 30.1. The third-order valence-electron chi connectivity index (χ3n) is 5.45. The average molecular weight is 504 g/mol. The standard InChI is InChI=1S/C24H42N2O3S.Zn/c1-2-3-4-5-6-7-8-9-10-11-12-13-14-15-16-17-24(27)26-30(28,29)23-20-18-22(25)19-21-23;/h18-21H,2-17,25H2,1H3,(H,26,27);. The van der Waals surface area contributed by atoms with Gasteiger partial charge in [-0.05, 0) is 30.7 Å². The molecule has 0 saturated carbocycles. The molecule has 1 rings (SSSR count). The van der Waals surface area contributed by atoms with E-state index in [1.54, 1.807) is 0 Å². The molecule has 0 unspecified atom stereocenters. The summed E-state index contributed by atoms with van der Waals surface area (Å²) in [5.41, 5.74) is 6.04. The van der Waals surface area contributed by atoms with E-state index in [0.717, 1.165) is 19.3 Å². The third-order valence-corrected chi connectivity index (χ3v) is 6.84. The van der Waals surface area contributed by atoms with E-state index in [9.17, 15) is 13.2 Å². The first-order valence-corrected chi connectivity index (χ1v) is 13.3. The van der Waals surface area contributed by atoms with Gasteiger partial charge in [0.25, 0.3) is 10.0 Å². The molecule has 0 aliphatic carbocycles. The van der Waals surface area contributed by atoms with E-state index >= 15 is 0 Å². The van der Waals surface area contributed by atoms with E-state index in [0.29, 0.717) is 5.69 Å². The van der Waals surface area contributed by atoms with Gasteiger partial charge in [-0.15, -0.1) is 0 Å². The van der Waals surface area contributed by atoms with E-state index in [2.05, 4.69) is 11.6 Å². The minimum atomic E-state index is -3.80. The predicted octanol–water partition coefficient (Wildman–Crippen LogP) is 6.33. The topological polar surface area (TPSA) is 89.3 Å². The molecule has 0 aromatic heterocycles. The van der Waals surface area contributed by atoms with Crippen LogP contribution in [0.2, 0.25) is 0 Å². The van der Waals surface area contributed by atoms with Crippen molar-refractivity contribution in [1.29, 1.82) is 0 Å². The fourth-order valence-electron chi connectivity index (χ4n) is 3.56. The van der Waals surface area contributed by atoms with Gasteiger partial charge in [0.15, 0.2) is 0 Å². The molecule has 1 aromatic carbocycles. The molecule has 0 atom stereocenters. The van der Waals surface area contributed by atoms with Crippen molar-refractivity contribution < 1.29 is 32.7 Å². The number of nitrogens with two attached hydrogens (primary N) is 1. The van der Waals surface area contributed by atoms with E-state index < -0.39 is 15.9 Å². The minimum absolute atomic E-state index is 0. The van der Waals surface area contributed by atoms with Gasteiger partial charge in [-0.3, -0.25) is 4.79 Å². The number of hydrogen-bond acceptors (Lipinski definition) is 4. The quantitative estimate of drug-likeness (QED) is 0.139. The average Bonchev–Trinajstić information content (AvgIpc) is 2.71. The Balaban J connectivity index is 0.00000900. The van der Waals surface area contributed by atoms with Crippen LogP contribution in [0.25, 0.3) is 0 Å². The Morgan fingerprint density at radius 1 is 0.742 bits per heavy atom. The van der Waals surface area contributed by atoms with Crippen LogP contribution in [-0.4, -0.2) is 14.3 Å². The van der Waals surface area contributed by atoms with Crippen molar-refractivity contribution in [2.75, 3.05) is 5.73 Å². The van der Waals surface area contributed by atoms with Gasteiger partial charge in [-0.2, -0.15) is 0 Å². The molecular formula is C24H42N2O3SZn. The van der Waals surface area contributed by atoms with E-state index in [1.165, 1.54) is 101 Å². The summed E-state index contributed by atoms with van der Waals surface area (Å²) < 4.78 is 26.4. The third kappa shape index (κ3) is 15.5. The molecule has 174 valence electrons. The zero-order valence-corrected chi connectivity index (χ0v) is 23.3. The molecule has 1 aromatic rings. The summed E-state index contributed by atoms with van der Waals surface area (Å²) in [7, 11) is -3.80. The van der Waals surface area contributed by atoms with Gasteiger partial charge in [0.2, 0.25) is 5.91 Å². The van der Waals surface area contributed by atoms with Gasteiger partial charge in [0.1, 0.15) is 0 Å². The Morgan fingerprint density at radius 2 is 1.13 bits per heavy atom. The van der Waals surface area contributed by atoms with Crippen molar-refractivity contribution in [3.05, 3.63) is 24.3 Å². The number of carbonyl (C=O) groups excluding carboxylic acids is 1. The van der Waals surface area contributed by atoms with Gasteiger partial charge in [-0.25, -0.2) is 13.1 Å². The number of carbonyl (C=O) groups is 1. The molecule has 1 amide bonds. The first-order valence-electron chi connectivity index (χ1n) is 11.9. The SMILES string of the molecule is CCCCCCCCCCCCCCCCCC(=O)NS(=O)(=O)c1ccc(N)cc1.[Zn]. The van der Waals surface area contributed by atoms with Gasteiger partial charge >= 0.3 is 0 Å². The van der Waals surface area contributed by atoms with Crippen molar-refractivity contribution in [2.45, 2.75) is 115 Å². The number of benzene rings is 1. The Hall–Kier alpha value is -0.937. The Labute approximate surface area is 203 Å². The minimum Gasteiger partial charge on any atom is -0.399 e. The number of rotatable bonds is 18. The van der Waals surface area contributed by atoms with E-state index in [4.69, 9.17) is 5.73 Å². The number of nitrogens with one attached hydrogen (secondary N) is 1. The summed E-state index contributed by atoms with van der Waals surface area (Å²) in [6.07, 6.45) is 19.2. The molecular weight excluding hydrogens is 462 g/mol. The maximum atomic E-state index is 12.1. The first-order chi connectivity index (χ1) is 14.5. The molecule has 0 bridgehead atoms. The Kier molecular flexibility index (Phi) is 18.1. The molecule has 31 heavy (non-hydrogen) atoms. The second kappa shape index (κ2) is 18.6. The largest absolute Gasteiger partial charge is 0.399 e. The molecule has 3 N–H and O–H groups in total. The van der Waals surface area contributed by atoms with Gasteiger partial charge in [0.05, 0.1) is 4.90 Å². The zero-order valence-electron chi connectivity index (χ0n) is 19.5. The molecule has 7 heteroatoms. The van der Waals surface area contributed by atoms with Crippen LogP contribution >= 0.6 is 0 Å². The fourth-order valence-corrected chi connectivity index (χ4v) is 4.58. The summed E-state index contributed by atoms with van der Waals surface area (Å²) in [5.74, 6) is -0.443. The normalized spacial score (nSPS) is 11.1. The zero-order chi connectivity index (χ0) is 22.1. The molecule has 0 aliphatic rings. The Bertz CT molecular complexity index is 679. The van der Waals surface area contributed by atoms with Crippen LogP contribution in [0.4, 0.5) is 5.69 Å². The smallest absolute Gasteiger partial charge is 0.264 e. The van der Waals surface area contributed by atoms with Crippen molar-refractivity contribution >= 4 is 21.6 Å². The number of anilines is 1. The second-order valence-electron chi connectivity index (χ2n) is 8.30. The number of hydrogen-bond donors (Lipinski definition) is 2. The molecule has 0 radical (unpaired) electrons. The van der Waals surface area contributed by atoms with Crippen molar-refractivity contribution in [3.63, 3.8) is 0 Å². The van der Waals surface area contributed by atoms with Crippen LogP contribution in [0.3, 0.4) is 0 Å². The van der Waals surface area contributed by atoms with Crippen LogP contribution in [0.1, 0.15) is 110 Å². The number of sulfonamides is 1. The van der Waals surface area contributed by atoms with Crippen molar-refractivity contribution in [2.24, 2.45) is 0 Å². The van der Waals surface area contributed by atoms with Crippen molar-refractivity contribution in [3.8, 4) is 0 Å². The summed E-state index contributed by atoms with van der Waals surface area (Å²) in [4.78, 5) is 12.0. The van der Waals surface area contributed by atoms with Crippen LogP contribution in [-0.2, 0) is 34.3 Å². The molecule has 5 nitrogen and oxygen atoms in total. The molecule has 0 fully saturated rings. The monoisotopic (exact) mass is 502 g/mol. The maximum Gasteiger partial charge on any atom is 0.264 e. The summed E-state index contributed by atoms with van der Waals surface area (Å²) >= 11 is 0. The molecule has 0 saturated heterocycles. The molecule has 0 heterocycles. The van der Waals surface area contributed by atoms with Gasteiger partial charge in [-0.1, -0.05) is 96.8 Å². The number of amides is 1. The van der Waals surface area contributed by atoms with Crippen LogP contribution < -0.4 is 10.5 Å². The van der Waals surface area contributed by atoms with E-state index in [1.807, 2.05) is 0 Å². The maximum absolute atomic E-state index is 12.1. The summed E-state index contributed by atoms with van der Waals surface area (Å²) in [6, 6.07) is 5.82.